The molecule has 2 heteroatoms. The standard InChI is InChI=1S/C51H55NO/c1-33-19-18-24-41(42(33)25-34(2)43-29-40(50(6,7)8)30-46(48(43)53)51(9,10)11)37-26-38(28-39(27-37)49(3,4)5)47-31-44(35-20-14-12-15-21-35)45(32-52-47)36-22-16-13-17-23-36/h12-32,53H,1-11H3. The van der Waals surface area contributed by atoms with E-state index in [0.717, 1.165) is 66.9 Å². The summed E-state index contributed by atoms with van der Waals surface area (Å²) in [6.07, 6.45) is 4.30. The molecule has 5 aromatic carbocycles. The third-order valence-electron chi connectivity index (χ3n) is 10.4. The molecule has 0 saturated heterocycles. The molecule has 0 unspecified atom stereocenters. The van der Waals surface area contributed by atoms with E-state index in [1.807, 2.05) is 6.20 Å². The SMILES string of the molecule is CC(=Cc1c(C)cccc1-c1cc(-c2cc(-c3ccccc3)c(-c3ccccc3)cn2)cc(C(C)(C)C)c1)c1cc(C(C)(C)C)cc(C(C)(C)C)c1O. The summed E-state index contributed by atoms with van der Waals surface area (Å²) in [7, 11) is 0. The van der Waals surface area contributed by atoms with Gasteiger partial charge in [-0.1, -0.05) is 159 Å². The summed E-state index contributed by atoms with van der Waals surface area (Å²) < 4.78 is 0. The Bertz CT molecular complexity index is 2290. The van der Waals surface area contributed by atoms with Crippen molar-refractivity contribution >= 4 is 11.6 Å². The topological polar surface area (TPSA) is 33.1 Å². The van der Waals surface area contributed by atoms with Gasteiger partial charge in [-0.15, -0.1) is 0 Å². The molecule has 0 bridgehead atoms. The summed E-state index contributed by atoms with van der Waals surface area (Å²) in [5, 5.41) is 11.8. The van der Waals surface area contributed by atoms with Crippen molar-refractivity contribution in [3.63, 3.8) is 0 Å². The Morgan fingerprint density at radius 3 is 1.70 bits per heavy atom. The van der Waals surface area contributed by atoms with Crippen LogP contribution in [0.25, 0.3) is 56.3 Å². The van der Waals surface area contributed by atoms with Crippen molar-refractivity contribution in [2.24, 2.45) is 0 Å². The fraction of sp³-hybridized carbons (Fsp3) is 0.275. The van der Waals surface area contributed by atoms with Crippen molar-refractivity contribution in [1.29, 1.82) is 0 Å². The van der Waals surface area contributed by atoms with Crippen molar-refractivity contribution in [3.05, 3.63) is 155 Å². The van der Waals surface area contributed by atoms with Gasteiger partial charge in [-0.2, -0.15) is 0 Å². The number of hydrogen-bond acceptors (Lipinski definition) is 2. The number of hydrogen-bond donors (Lipinski definition) is 1. The molecule has 6 aromatic rings. The number of pyridine rings is 1. The van der Waals surface area contributed by atoms with Gasteiger partial charge in [0.2, 0.25) is 0 Å². The third kappa shape index (κ3) is 8.08. The summed E-state index contributed by atoms with van der Waals surface area (Å²) >= 11 is 0. The molecule has 0 amide bonds. The van der Waals surface area contributed by atoms with E-state index < -0.39 is 0 Å². The second-order valence-corrected chi connectivity index (χ2v) is 17.7. The van der Waals surface area contributed by atoms with Gasteiger partial charge in [0.05, 0.1) is 5.69 Å². The number of allylic oxidation sites excluding steroid dienone is 1. The van der Waals surface area contributed by atoms with Crippen LogP contribution in [-0.2, 0) is 16.2 Å². The molecule has 2 nitrogen and oxygen atoms in total. The fourth-order valence-corrected chi connectivity index (χ4v) is 7.04. The molecule has 6 rings (SSSR count). The molecule has 0 fully saturated rings. The first-order valence-corrected chi connectivity index (χ1v) is 18.9. The quantitative estimate of drug-likeness (QED) is 0.176. The van der Waals surface area contributed by atoms with Crippen molar-refractivity contribution in [2.75, 3.05) is 0 Å². The molecular formula is C51H55NO. The van der Waals surface area contributed by atoms with E-state index in [1.165, 1.54) is 16.7 Å². The Labute approximate surface area is 318 Å². The molecule has 0 spiro atoms. The zero-order valence-corrected chi connectivity index (χ0v) is 33.5. The Morgan fingerprint density at radius 2 is 1.11 bits per heavy atom. The minimum Gasteiger partial charge on any atom is -0.507 e. The van der Waals surface area contributed by atoms with Crippen LogP contribution in [0.5, 0.6) is 5.75 Å². The summed E-state index contributed by atoms with van der Waals surface area (Å²) in [4.78, 5) is 5.12. The van der Waals surface area contributed by atoms with Crippen molar-refractivity contribution < 1.29 is 5.11 Å². The van der Waals surface area contributed by atoms with E-state index in [2.05, 4.69) is 197 Å². The number of rotatable bonds is 6. The van der Waals surface area contributed by atoms with E-state index >= 15 is 0 Å². The van der Waals surface area contributed by atoms with Crippen LogP contribution < -0.4 is 0 Å². The molecular weight excluding hydrogens is 643 g/mol. The molecule has 0 aliphatic heterocycles. The van der Waals surface area contributed by atoms with E-state index in [1.54, 1.807) is 0 Å². The largest absolute Gasteiger partial charge is 0.507 e. The van der Waals surface area contributed by atoms with Crippen LogP contribution in [0.4, 0.5) is 0 Å². The molecule has 0 aliphatic carbocycles. The van der Waals surface area contributed by atoms with Gasteiger partial charge in [0.1, 0.15) is 5.75 Å². The van der Waals surface area contributed by atoms with Gasteiger partial charge < -0.3 is 5.11 Å². The molecule has 0 saturated carbocycles. The van der Waals surface area contributed by atoms with Crippen LogP contribution in [0.15, 0.2) is 121 Å². The summed E-state index contributed by atoms with van der Waals surface area (Å²) in [6, 6.07) is 41.3. The average molecular weight is 698 g/mol. The molecule has 1 heterocycles. The zero-order chi connectivity index (χ0) is 38.3. The highest BCUT2D eigenvalue weighted by atomic mass is 16.3. The Kier molecular flexibility index (Phi) is 10.1. The number of aromatic nitrogens is 1. The molecule has 0 aliphatic rings. The van der Waals surface area contributed by atoms with Crippen LogP contribution in [0.2, 0.25) is 0 Å². The van der Waals surface area contributed by atoms with Crippen LogP contribution in [0, 0.1) is 6.92 Å². The summed E-state index contributed by atoms with van der Waals surface area (Å²) in [5.41, 5.74) is 16.3. The summed E-state index contributed by atoms with van der Waals surface area (Å²) in [6.45, 7) is 24.4. The third-order valence-corrected chi connectivity index (χ3v) is 10.4. The van der Waals surface area contributed by atoms with Gasteiger partial charge in [-0.25, -0.2) is 0 Å². The van der Waals surface area contributed by atoms with Gasteiger partial charge in [0, 0.05) is 28.5 Å². The maximum atomic E-state index is 11.8. The Morgan fingerprint density at radius 1 is 0.547 bits per heavy atom. The Hall–Kier alpha value is -5.21. The molecule has 53 heavy (non-hydrogen) atoms. The lowest BCUT2D eigenvalue weighted by molar-refractivity contribution is 0.443. The van der Waals surface area contributed by atoms with E-state index in [-0.39, 0.29) is 16.2 Å². The van der Waals surface area contributed by atoms with Crippen molar-refractivity contribution in [3.8, 4) is 50.4 Å². The number of benzene rings is 5. The van der Waals surface area contributed by atoms with Gasteiger partial charge in [-0.05, 0) is 110 Å². The lowest BCUT2D eigenvalue weighted by Crippen LogP contribution is -2.17. The number of phenols is 1. The molecule has 270 valence electrons. The van der Waals surface area contributed by atoms with Gasteiger partial charge in [0.15, 0.2) is 0 Å². The van der Waals surface area contributed by atoms with E-state index in [0.29, 0.717) is 5.75 Å². The molecule has 1 N–H and O–H groups in total. The number of aryl methyl sites for hydroxylation is 1. The highest BCUT2D eigenvalue weighted by Crippen LogP contribution is 2.43. The number of phenolic OH excluding ortho intramolecular Hbond substituents is 1. The summed E-state index contributed by atoms with van der Waals surface area (Å²) in [5.74, 6) is 0.366. The molecule has 0 atom stereocenters. The van der Waals surface area contributed by atoms with Gasteiger partial charge >= 0.3 is 0 Å². The van der Waals surface area contributed by atoms with Gasteiger partial charge in [-0.3, -0.25) is 4.98 Å². The average Bonchev–Trinajstić information content (AvgIpc) is 3.11. The van der Waals surface area contributed by atoms with Crippen LogP contribution >= 0.6 is 0 Å². The zero-order valence-electron chi connectivity index (χ0n) is 33.5. The first kappa shape index (κ1) is 37.5. The highest BCUT2D eigenvalue weighted by molar-refractivity contribution is 5.91. The van der Waals surface area contributed by atoms with Crippen molar-refractivity contribution in [1.82, 2.24) is 4.98 Å². The minimum atomic E-state index is -0.203. The number of nitrogens with zero attached hydrogens (tertiary/aromatic N) is 1. The second kappa shape index (κ2) is 14.3. The van der Waals surface area contributed by atoms with E-state index in [9.17, 15) is 5.11 Å². The van der Waals surface area contributed by atoms with Crippen LogP contribution in [0.3, 0.4) is 0 Å². The first-order chi connectivity index (χ1) is 24.9. The van der Waals surface area contributed by atoms with Gasteiger partial charge in [0.25, 0.3) is 0 Å². The number of aromatic hydroxyl groups is 1. The van der Waals surface area contributed by atoms with Crippen LogP contribution in [-0.4, -0.2) is 10.1 Å². The monoisotopic (exact) mass is 697 g/mol. The highest BCUT2D eigenvalue weighted by Gasteiger charge is 2.26. The second-order valence-electron chi connectivity index (χ2n) is 17.7. The fourth-order valence-electron chi connectivity index (χ4n) is 7.04. The van der Waals surface area contributed by atoms with Crippen molar-refractivity contribution in [2.45, 2.75) is 92.4 Å². The predicted molar refractivity (Wildman–Crippen MR) is 228 cm³/mol. The lowest BCUT2D eigenvalue weighted by Gasteiger charge is -2.28. The normalized spacial score (nSPS) is 12.6. The molecule has 0 radical (unpaired) electrons. The van der Waals surface area contributed by atoms with Crippen LogP contribution in [0.1, 0.15) is 103 Å². The first-order valence-electron chi connectivity index (χ1n) is 18.9. The maximum absolute atomic E-state index is 11.8. The minimum absolute atomic E-state index is 0.0614. The predicted octanol–water partition coefficient (Wildman–Crippen LogP) is 14.2. The lowest BCUT2D eigenvalue weighted by atomic mass is 9.78. The van der Waals surface area contributed by atoms with E-state index in [4.69, 9.17) is 4.98 Å². The Balaban J connectivity index is 1.55. The maximum Gasteiger partial charge on any atom is 0.126 e. The smallest absolute Gasteiger partial charge is 0.126 e. The molecule has 1 aromatic heterocycles.